The SMILES string of the molecule is CCOC(=O)C(C)(CC(C)Oc1cc(F)cc(F)c1)NC. The van der Waals surface area contributed by atoms with Crippen LogP contribution in [-0.2, 0) is 9.53 Å². The van der Waals surface area contributed by atoms with Gasteiger partial charge >= 0.3 is 5.97 Å². The molecular weight excluding hydrogens is 280 g/mol. The average Bonchev–Trinajstić information content (AvgIpc) is 2.37. The second-order valence-corrected chi connectivity index (χ2v) is 5.04. The first kappa shape index (κ1) is 17.4. The number of benzene rings is 1. The first-order valence-corrected chi connectivity index (χ1v) is 6.79. The third kappa shape index (κ3) is 4.97. The molecule has 0 heterocycles. The fourth-order valence-electron chi connectivity index (χ4n) is 2.02. The van der Waals surface area contributed by atoms with E-state index in [-0.39, 0.29) is 12.4 Å². The van der Waals surface area contributed by atoms with Gasteiger partial charge in [0.25, 0.3) is 0 Å². The first-order valence-electron chi connectivity index (χ1n) is 6.79. The molecule has 0 aliphatic heterocycles. The topological polar surface area (TPSA) is 47.6 Å². The van der Waals surface area contributed by atoms with Crippen molar-refractivity contribution in [1.29, 1.82) is 0 Å². The van der Waals surface area contributed by atoms with Gasteiger partial charge in [-0.05, 0) is 27.8 Å². The van der Waals surface area contributed by atoms with Crippen molar-refractivity contribution in [3.63, 3.8) is 0 Å². The molecular formula is C15H21F2NO3. The Morgan fingerprint density at radius 1 is 1.33 bits per heavy atom. The molecule has 6 heteroatoms. The van der Waals surface area contributed by atoms with Gasteiger partial charge in [-0.3, -0.25) is 4.79 Å². The van der Waals surface area contributed by atoms with Crippen LogP contribution in [0.4, 0.5) is 8.78 Å². The summed E-state index contributed by atoms with van der Waals surface area (Å²) in [6.07, 6.45) is -0.145. The first-order chi connectivity index (χ1) is 9.80. The van der Waals surface area contributed by atoms with E-state index in [4.69, 9.17) is 9.47 Å². The molecule has 1 N–H and O–H groups in total. The van der Waals surface area contributed by atoms with Crippen molar-refractivity contribution in [2.75, 3.05) is 13.7 Å². The van der Waals surface area contributed by atoms with Crippen LogP contribution in [0.5, 0.6) is 5.75 Å². The van der Waals surface area contributed by atoms with Crippen molar-refractivity contribution >= 4 is 5.97 Å². The van der Waals surface area contributed by atoms with Gasteiger partial charge in [0.2, 0.25) is 0 Å². The molecule has 118 valence electrons. The summed E-state index contributed by atoms with van der Waals surface area (Å²) in [5, 5.41) is 2.90. The summed E-state index contributed by atoms with van der Waals surface area (Å²) < 4.78 is 36.7. The van der Waals surface area contributed by atoms with E-state index in [1.54, 1.807) is 27.8 Å². The summed E-state index contributed by atoms with van der Waals surface area (Å²) in [6.45, 7) is 5.42. The summed E-state index contributed by atoms with van der Waals surface area (Å²) in [5.74, 6) is -1.73. The fourth-order valence-corrected chi connectivity index (χ4v) is 2.02. The zero-order valence-electron chi connectivity index (χ0n) is 12.7. The van der Waals surface area contributed by atoms with E-state index < -0.39 is 29.2 Å². The Morgan fingerprint density at radius 2 is 1.90 bits per heavy atom. The average molecular weight is 301 g/mol. The molecule has 0 radical (unpaired) electrons. The minimum absolute atomic E-state index is 0.0855. The molecule has 4 nitrogen and oxygen atoms in total. The van der Waals surface area contributed by atoms with Crippen LogP contribution >= 0.6 is 0 Å². The van der Waals surface area contributed by atoms with Crippen LogP contribution in [0.25, 0.3) is 0 Å². The second kappa shape index (κ2) is 7.36. The number of halogens is 2. The molecule has 1 aromatic carbocycles. The number of hydrogen-bond acceptors (Lipinski definition) is 4. The molecule has 21 heavy (non-hydrogen) atoms. The lowest BCUT2D eigenvalue weighted by Gasteiger charge is -2.29. The third-order valence-corrected chi connectivity index (χ3v) is 3.15. The summed E-state index contributed by atoms with van der Waals surface area (Å²) in [5.41, 5.74) is -0.929. The Balaban J connectivity index is 2.74. The number of rotatable bonds is 7. The molecule has 0 aliphatic rings. The highest BCUT2D eigenvalue weighted by Crippen LogP contribution is 2.21. The van der Waals surface area contributed by atoms with Crippen molar-refractivity contribution in [2.24, 2.45) is 0 Å². The van der Waals surface area contributed by atoms with Crippen LogP contribution in [0.3, 0.4) is 0 Å². The van der Waals surface area contributed by atoms with Gasteiger partial charge in [0, 0.05) is 24.6 Å². The van der Waals surface area contributed by atoms with E-state index in [9.17, 15) is 13.6 Å². The monoisotopic (exact) mass is 301 g/mol. The highest BCUT2D eigenvalue weighted by atomic mass is 19.1. The maximum Gasteiger partial charge on any atom is 0.326 e. The maximum atomic E-state index is 13.1. The van der Waals surface area contributed by atoms with Crippen molar-refractivity contribution in [2.45, 2.75) is 38.8 Å². The van der Waals surface area contributed by atoms with E-state index >= 15 is 0 Å². The lowest BCUT2D eigenvalue weighted by atomic mass is 9.95. The zero-order chi connectivity index (χ0) is 16.0. The van der Waals surface area contributed by atoms with Gasteiger partial charge in [0.1, 0.15) is 22.9 Å². The number of nitrogens with one attached hydrogen (secondary N) is 1. The number of carbonyl (C=O) groups is 1. The fraction of sp³-hybridized carbons (Fsp3) is 0.533. The zero-order valence-corrected chi connectivity index (χ0v) is 12.7. The lowest BCUT2D eigenvalue weighted by molar-refractivity contribution is -0.151. The summed E-state index contributed by atoms with van der Waals surface area (Å²) in [7, 11) is 1.64. The van der Waals surface area contributed by atoms with E-state index in [2.05, 4.69) is 5.32 Å². The Hall–Kier alpha value is -1.69. The van der Waals surface area contributed by atoms with Gasteiger partial charge in [0.15, 0.2) is 0 Å². The summed E-state index contributed by atoms with van der Waals surface area (Å²) in [4.78, 5) is 11.9. The number of likely N-dealkylation sites (N-methyl/N-ethyl adjacent to an activating group) is 1. The van der Waals surface area contributed by atoms with Crippen molar-refractivity contribution in [3.05, 3.63) is 29.8 Å². The molecule has 2 unspecified atom stereocenters. The molecule has 2 atom stereocenters. The van der Waals surface area contributed by atoms with Crippen LogP contribution in [-0.4, -0.2) is 31.3 Å². The van der Waals surface area contributed by atoms with Gasteiger partial charge in [-0.2, -0.15) is 0 Å². The Labute approximate surface area is 123 Å². The number of esters is 1. The predicted octanol–water partition coefficient (Wildman–Crippen LogP) is 2.66. The van der Waals surface area contributed by atoms with Gasteiger partial charge in [-0.25, -0.2) is 8.78 Å². The third-order valence-electron chi connectivity index (χ3n) is 3.15. The Bertz CT molecular complexity index is 476. The van der Waals surface area contributed by atoms with E-state index in [1.807, 2.05) is 0 Å². The summed E-state index contributed by atoms with van der Waals surface area (Å²) >= 11 is 0. The van der Waals surface area contributed by atoms with Crippen LogP contribution in [0.1, 0.15) is 27.2 Å². The Morgan fingerprint density at radius 3 is 2.38 bits per heavy atom. The van der Waals surface area contributed by atoms with Crippen LogP contribution < -0.4 is 10.1 Å². The molecule has 1 rings (SSSR count). The van der Waals surface area contributed by atoms with Crippen LogP contribution in [0.2, 0.25) is 0 Å². The van der Waals surface area contributed by atoms with E-state index in [0.717, 1.165) is 18.2 Å². The van der Waals surface area contributed by atoms with Crippen LogP contribution in [0, 0.1) is 11.6 Å². The van der Waals surface area contributed by atoms with Crippen LogP contribution in [0.15, 0.2) is 18.2 Å². The molecule has 0 bridgehead atoms. The Kier molecular flexibility index (Phi) is 6.08. The molecule has 0 aromatic heterocycles. The standard InChI is InChI=1S/C15H21F2NO3/c1-5-20-14(19)15(3,18-4)9-10(2)21-13-7-11(16)6-12(17)8-13/h6-8,10,18H,5,9H2,1-4H3. The highest BCUT2D eigenvalue weighted by Gasteiger charge is 2.35. The number of carbonyl (C=O) groups excluding carboxylic acids is 1. The molecule has 1 aromatic rings. The normalized spacial score (nSPS) is 15.1. The number of hydrogen-bond donors (Lipinski definition) is 1. The van der Waals surface area contributed by atoms with Gasteiger partial charge in [-0.15, -0.1) is 0 Å². The minimum atomic E-state index is -0.929. The molecule has 0 fully saturated rings. The van der Waals surface area contributed by atoms with Gasteiger partial charge < -0.3 is 14.8 Å². The summed E-state index contributed by atoms with van der Waals surface area (Å²) in [6, 6.07) is 2.97. The number of ether oxygens (including phenoxy) is 2. The quantitative estimate of drug-likeness (QED) is 0.787. The van der Waals surface area contributed by atoms with Crippen molar-refractivity contribution in [1.82, 2.24) is 5.32 Å². The lowest BCUT2D eigenvalue weighted by Crippen LogP contribution is -2.51. The molecule has 0 aliphatic carbocycles. The smallest absolute Gasteiger partial charge is 0.326 e. The van der Waals surface area contributed by atoms with E-state index in [0.29, 0.717) is 6.42 Å². The van der Waals surface area contributed by atoms with Gasteiger partial charge in [-0.1, -0.05) is 0 Å². The van der Waals surface area contributed by atoms with Crippen molar-refractivity contribution in [3.8, 4) is 5.75 Å². The largest absolute Gasteiger partial charge is 0.490 e. The predicted molar refractivity (Wildman–Crippen MR) is 75.2 cm³/mol. The second-order valence-electron chi connectivity index (χ2n) is 5.04. The van der Waals surface area contributed by atoms with Crippen molar-refractivity contribution < 1.29 is 23.0 Å². The van der Waals surface area contributed by atoms with E-state index in [1.165, 1.54) is 0 Å². The molecule has 0 spiro atoms. The molecule has 0 saturated heterocycles. The van der Waals surface area contributed by atoms with Gasteiger partial charge in [0.05, 0.1) is 12.7 Å². The highest BCUT2D eigenvalue weighted by molar-refractivity contribution is 5.80. The molecule has 0 saturated carbocycles. The maximum absolute atomic E-state index is 13.1. The molecule has 0 amide bonds. The minimum Gasteiger partial charge on any atom is -0.490 e.